The van der Waals surface area contributed by atoms with Crippen molar-refractivity contribution in [2.24, 2.45) is 53.3 Å². The van der Waals surface area contributed by atoms with E-state index in [1.807, 2.05) is 0 Å². The fraction of sp³-hybridized carbons (Fsp3) is 0.857. The molecule has 43 heavy (non-hydrogen) atoms. The second-order valence-corrected chi connectivity index (χ2v) is 25.1. The van der Waals surface area contributed by atoms with E-state index in [2.05, 4.69) is 79.8 Å². The second-order valence-electron chi connectivity index (χ2n) is 20.1. The van der Waals surface area contributed by atoms with Crippen LogP contribution in [0.5, 0.6) is 0 Å². The first kappa shape index (κ1) is 31.1. The summed E-state index contributed by atoms with van der Waals surface area (Å²) in [5, 5.41) is 0. The highest BCUT2D eigenvalue weighted by Crippen LogP contribution is 2.70. The SMILES string of the molecule is CC1CC2C(CC3CCCC3C2c2cc(C(C)(C)C)cc(C(C)(C)C)c2)C1[Si](C)(C)C1C2CCCCC2C2CCCCC21. The maximum atomic E-state index is 2.98. The van der Waals surface area contributed by atoms with E-state index in [4.69, 9.17) is 0 Å². The predicted octanol–water partition coefficient (Wildman–Crippen LogP) is 12.5. The van der Waals surface area contributed by atoms with E-state index in [-0.39, 0.29) is 10.8 Å². The van der Waals surface area contributed by atoms with Gasteiger partial charge in [0.25, 0.3) is 0 Å². The van der Waals surface area contributed by atoms with Crippen LogP contribution < -0.4 is 0 Å². The van der Waals surface area contributed by atoms with Gasteiger partial charge in [-0.2, -0.15) is 0 Å². The minimum absolute atomic E-state index is 0.203. The lowest BCUT2D eigenvalue weighted by molar-refractivity contribution is 0.120. The molecular formula is C42H68Si. The number of rotatable bonds is 3. The molecule has 6 saturated carbocycles. The molecule has 0 nitrogen and oxygen atoms in total. The third kappa shape index (κ3) is 5.19. The molecular weight excluding hydrogens is 533 g/mol. The van der Waals surface area contributed by atoms with Crippen LogP contribution in [-0.4, -0.2) is 8.07 Å². The Bertz CT molecular complexity index is 1110. The van der Waals surface area contributed by atoms with Gasteiger partial charge in [-0.1, -0.05) is 131 Å². The van der Waals surface area contributed by atoms with E-state index in [1.165, 1.54) is 25.7 Å². The highest BCUT2D eigenvalue weighted by atomic mass is 28.3. The van der Waals surface area contributed by atoms with Gasteiger partial charge in [0.15, 0.2) is 0 Å². The molecule has 6 fully saturated rings. The Morgan fingerprint density at radius 2 is 1.05 bits per heavy atom. The average Bonchev–Trinajstić information content (AvgIpc) is 3.63. The molecule has 0 N–H and O–H groups in total. The Labute approximate surface area is 268 Å². The fourth-order valence-electron chi connectivity index (χ4n) is 14.1. The maximum Gasteiger partial charge on any atom is 0.0547 e. The van der Waals surface area contributed by atoms with Crippen molar-refractivity contribution in [3.63, 3.8) is 0 Å². The minimum Gasteiger partial charge on any atom is -0.0689 e. The Morgan fingerprint density at radius 3 is 1.58 bits per heavy atom. The minimum atomic E-state index is -1.48. The second kappa shape index (κ2) is 11.0. The van der Waals surface area contributed by atoms with Gasteiger partial charge in [-0.15, -0.1) is 0 Å². The summed E-state index contributed by atoms with van der Waals surface area (Å²) in [6.45, 7) is 23.4. The molecule has 0 bridgehead atoms. The smallest absolute Gasteiger partial charge is 0.0547 e. The summed E-state index contributed by atoms with van der Waals surface area (Å²) >= 11 is 0. The lowest BCUT2D eigenvalue weighted by Crippen LogP contribution is -2.48. The summed E-state index contributed by atoms with van der Waals surface area (Å²) in [5.74, 6) is 10.0. The molecule has 6 aliphatic rings. The van der Waals surface area contributed by atoms with Crippen LogP contribution in [0.25, 0.3) is 0 Å². The topological polar surface area (TPSA) is 0 Å². The van der Waals surface area contributed by atoms with Crippen molar-refractivity contribution in [2.45, 2.75) is 173 Å². The van der Waals surface area contributed by atoms with Gasteiger partial charge in [0, 0.05) is 0 Å². The molecule has 11 atom stereocenters. The van der Waals surface area contributed by atoms with Crippen LogP contribution >= 0.6 is 0 Å². The van der Waals surface area contributed by atoms with Crippen molar-refractivity contribution >= 4 is 8.07 Å². The van der Waals surface area contributed by atoms with Crippen molar-refractivity contribution in [1.29, 1.82) is 0 Å². The molecule has 7 rings (SSSR count). The predicted molar refractivity (Wildman–Crippen MR) is 189 cm³/mol. The first-order valence-corrected chi connectivity index (χ1v) is 22.6. The van der Waals surface area contributed by atoms with E-state index in [9.17, 15) is 0 Å². The summed E-state index contributed by atoms with van der Waals surface area (Å²) < 4.78 is 0. The summed E-state index contributed by atoms with van der Waals surface area (Å²) in [7, 11) is -1.48. The first-order chi connectivity index (χ1) is 20.3. The molecule has 0 heterocycles. The third-order valence-corrected chi connectivity index (χ3v) is 20.8. The fourth-order valence-corrected chi connectivity index (χ4v) is 20.7. The summed E-state index contributed by atoms with van der Waals surface area (Å²) in [4.78, 5) is 0. The highest BCUT2D eigenvalue weighted by molar-refractivity contribution is 6.80. The van der Waals surface area contributed by atoms with Crippen LogP contribution in [0.1, 0.15) is 155 Å². The molecule has 0 saturated heterocycles. The van der Waals surface area contributed by atoms with E-state index in [1.54, 1.807) is 74.5 Å². The van der Waals surface area contributed by atoms with Gasteiger partial charge in [-0.05, 0) is 130 Å². The van der Waals surface area contributed by atoms with Crippen LogP contribution in [0.3, 0.4) is 0 Å². The summed E-state index contributed by atoms with van der Waals surface area (Å²) in [5.41, 5.74) is 7.53. The molecule has 1 aromatic carbocycles. The largest absolute Gasteiger partial charge is 0.0689 e. The Kier molecular flexibility index (Phi) is 7.95. The van der Waals surface area contributed by atoms with Crippen LogP contribution in [0.4, 0.5) is 0 Å². The normalized spacial score (nSPS) is 43.2. The molecule has 0 amide bonds. The third-order valence-electron chi connectivity index (χ3n) is 15.5. The summed E-state index contributed by atoms with van der Waals surface area (Å²) in [6, 6.07) is 8.04. The molecule has 11 unspecified atom stereocenters. The number of hydrogen-bond acceptors (Lipinski definition) is 0. The first-order valence-electron chi connectivity index (χ1n) is 19.4. The van der Waals surface area contributed by atoms with E-state index < -0.39 is 8.07 Å². The van der Waals surface area contributed by atoms with Gasteiger partial charge in [0.2, 0.25) is 0 Å². The van der Waals surface area contributed by atoms with Gasteiger partial charge in [0.05, 0.1) is 8.07 Å². The maximum absolute atomic E-state index is 2.98. The van der Waals surface area contributed by atoms with E-state index in [0.29, 0.717) is 0 Å². The zero-order valence-electron chi connectivity index (χ0n) is 29.9. The molecule has 0 aromatic heterocycles. The molecule has 6 aliphatic carbocycles. The van der Waals surface area contributed by atoms with Gasteiger partial charge in [0.1, 0.15) is 0 Å². The monoisotopic (exact) mass is 601 g/mol. The molecule has 1 aromatic rings. The average molecular weight is 601 g/mol. The Hall–Kier alpha value is -0.563. The molecule has 1 heteroatoms. The molecule has 0 spiro atoms. The number of hydrogen-bond donors (Lipinski definition) is 0. The van der Waals surface area contributed by atoms with Gasteiger partial charge in [-0.25, -0.2) is 0 Å². The lowest BCUT2D eigenvalue weighted by atomic mass is 9.61. The number of benzene rings is 1. The molecule has 0 aliphatic heterocycles. The van der Waals surface area contributed by atoms with Crippen molar-refractivity contribution in [3.8, 4) is 0 Å². The van der Waals surface area contributed by atoms with E-state index >= 15 is 0 Å². The van der Waals surface area contributed by atoms with Crippen molar-refractivity contribution in [3.05, 3.63) is 34.9 Å². The van der Waals surface area contributed by atoms with Gasteiger partial charge >= 0.3 is 0 Å². The van der Waals surface area contributed by atoms with Gasteiger partial charge < -0.3 is 0 Å². The molecule has 240 valence electrons. The van der Waals surface area contributed by atoms with Crippen LogP contribution in [-0.2, 0) is 10.8 Å². The zero-order chi connectivity index (χ0) is 30.5. The van der Waals surface area contributed by atoms with Gasteiger partial charge in [-0.3, -0.25) is 0 Å². The van der Waals surface area contributed by atoms with Crippen molar-refractivity contribution in [1.82, 2.24) is 0 Å². The molecule has 0 radical (unpaired) electrons. The lowest BCUT2D eigenvalue weighted by Gasteiger charge is -2.51. The van der Waals surface area contributed by atoms with E-state index in [0.717, 1.165) is 70.3 Å². The van der Waals surface area contributed by atoms with Crippen LogP contribution in [0, 0.1) is 53.3 Å². The standard InChI is InChI=1S/C42H68Si/c1-26-21-36-37(39(26)43(8,9)40-34-18-12-10-16-32(34)33-17-11-13-19-35(33)40)24-27-15-14-20-31(27)38(36)28-22-29(41(2,3)4)25-30(23-28)42(5,6)7/h22-23,25-27,31-40H,10-21,24H2,1-9H3. The van der Waals surface area contributed by atoms with Crippen molar-refractivity contribution in [2.75, 3.05) is 0 Å². The Balaban J connectivity index is 1.28. The highest BCUT2D eigenvalue weighted by Gasteiger charge is 2.63. The Morgan fingerprint density at radius 1 is 0.535 bits per heavy atom. The van der Waals surface area contributed by atoms with Crippen LogP contribution in [0.15, 0.2) is 18.2 Å². The number of fused-ring (bicyclic) bond motifs is 5. The zero-order valence-corrected chi connectivity index (χ0v) is 30.9. The van der Waals surface area contributed by atoms with Crippen LogP contribution in [0.2, 0.25) is 24.2 Å². The summed E-state index contributed by atoms with van der Waals surface area (Å²) in [6.07, 6.45) is 20.2. The quantitative estimate of drug-likeness (QED) is 0.303. The van der Waals surface area contributed by atoms with Crippen molar-refractivity contribution < 1.29 is 0 Å².